The SMILES string of the molecule is C=C(C)C(NN)C(C)(C)N1CCOCC1. The first-order chi connectivity index (χ1) is 7.00. The Balaban J connectivity index is 2.73. The lowest BCUT2D eigenvalue weighted by Gasteiger charge is -2.45. The molecule has 0 aromatic carbocycles. The van der Waals surface area contributed by atoms with Crippen LogP contribution >= 0.6 is 0 Å². The molecule has 0 saturated carbocycles. The number of nitrogens with zero attached hydrogens (tertiary/aromatic N) is 1. The average molecular weight is 213 g/mol. The van der Waals surface area contributed by atoms with Gasteiger partial charge >= 0.3 is 0 Å². The molecule has 1 saturated heterocycles. The molecule has 1 fully saturated rings. The van der Waals surface area contributed by atoms with Crippen molar-refractivity contribution in [2.75, 3.05) is 26.3 Å². The van der Waals surface area contributed by atoms with E-state index >= 15 is 0 Å². The monoisotopic (exact) mass is 213 g/mol. The van der Waals surface area contributed by atoms with E-state index in [-0.39, 0.29) is 11.6 Å². The number of hydrogen-bond acceptors (Lipinski definition) is 4. The van der Waals surface area contributed by atoms with E-state index in [9.17, 15) is 0 Å². The molecular weight excluding hydrogens is 190 g/mol. The molecule has 88 valence electrons. The summed E-state index contributed by atoms with van der Waals surface area (Å²) in [6.07, 6.45) is 0. The second kappa shape index (κ2) is 5.07. The van der Waals surface area contributed by atoms with Crippen LogP contribution in [-0.2, 0) is 4.74 Å². The lowest BCUT2D eigenvalue weighted by molar-refractivity contribution is -0.0188. The highest BCUT2D eigenvalue weighted by Gasteiger charge is 2.35. The number of hydrogen-bond donors (Lipinski definition) is 2. The second-order valence-corrected chi connectivity index (χ2v) is 4.70. The molecule has 1 atom stereocenters. The number of ether oxygens (including phenoxy) is 1. The van der Waals surface area contributed by atoms with Crippen molar-refractivity contribution in [2.45, 2.75) is 32.4 Å². The lowest BCUT2D eigenvalue weighted by Crippen LogP contribution is -2.62. The first-order valence-corrected chi connectivity index (χ1v) is 5.44. The van der Waals surface area contributed by atoms with Crippen LogP contribution in [0.2, 0.25) is 0 Å². The zero-order valence-electron chi connectivity index (χ0n) is 10.0. The van der Waals surface area contributed by atoms with Crippen LogP contribution in [0.5, 0.6) is 0 Å². The maximum atomic E-state index is 5.60. The van der Waals surface area contributed by atoms with Gasteiger partial charge in [-0.1, -0.05) is 12.2 Å². The van der Waals surface area contributed by atoms with Crippen LogP contribution in [0.25, 0.3) is 0 Å². The van der Waals surface area contributed by atoms with Crippen LogP contribution in [0.1, 0.15) is 20.8 Å². The Bertz CT molecular complexity index is 222. The minimum Gasteiger partial charge on any atom is -0.379 e. The summed E-state index contributed by atoms with van der Waals surface area (Å²) in [6.45, 7) is 13.9. The van der Waals surface area contributed by atoms with E-state index in [1.54, 1.807) is 0 Å². The van der Waals surface area contributed by atoms with Crippen molar-refractivity contribution in [2.24, 2.45) is 5.84 Å². The maximum Gasteiger partial charge on any atom is 0.0594 e. The third-order valence-electron chi connectivity index (χ3n) is 3.19. The fraction of sp³-hybridized carbons (Fsp3) is 0.818. The van der Waals surface area contributed by atoms with Gasteiger partial charge in [0.05, 0.1) is 19.3 Å². The Morgan fingerprint density at radius 3 is 2.40 bits per heavy atom. The predicted octanol–water partition coefficient (Wildman–Crippen LogP) is 0.505. The molecule has 0 aromatic rings. The summed E-state index contributed by atoms with van der Waals surface area (Å²) in [7, 11) is 0. The molecule has 4 nitrogen and oxygen atoms in total. The van der Waals surface area contributed by atoms with Crippen molar-refractivity contribution < 1.29 is 4.74 Å². The molecule has 1 heterocycles. The van der Waals surface area contributed by atoms with Gasteiger partial charge < -0.3 is 4.74 Å². The quantitative estimate of drug-likeness (QED) is 0.406. The molecule has 4 heteroatoms. The van der Waals surface area contributed by atoms with E-state index in [2.05, 4.69) is 30.8 Å². The Labute approximate surface area is 92.4 Å². The lowest BCUT2D eigenvalue weighted by atomic mass is 9.88. The molecule has 0 spiro atoms. The normalized spacial score (nSPS) is 21.3. The molecule has 0 radical (unpaired) electrons. The highest BCUT2D eigenvalue weighted by atomic mass is 16.5. The van der Waals surface area contributed by atoms with E-state index in [1.807, 2.05) is 6.92 Å². The maximum absolute atomic E-state index is 5.60. The number of nitrogens with two attached hydrogens (primary N) is 1. The third-order valence-corrected chi connectivity index (χ3v) is 3.19. The van der Waals surface area contributed by atoms with Crippen LogP contribution in [0.4, 0.5) is 0 Å². The zero-order valence-corrected chi connectivity index (χ0v) is 10.0. The molecule has 1 rings (SSSR count). The molecule has 1 unspecified atom stereocenters. The molecule has 0 aliphatic carbocycles. The molecule has 3 N–H and O–H groups in total. The van der Waals surface area contributed by atoms with E-state index in [0.717, 1.165) is 31.9 Å². The Morgan fingerprint density at radius 2 is 2.00 bits per heavy atom. The number of morpholine rings is 1. The molecule has 1 aliphatic heterocycles. The molecule has 15 heavy (non-hydrogen) atoms. The van der Waals surface area contributed by atoms with E-state index in [1.165, 1.54) is 0 Å². The molecule has 0 amide bonds. The summed E-state index contributed by atoms with van der Waals surface area (Å²) >= 11 is 0. The topological polar surface area (TPSA) is 50.5 Å². The van der Waals surface area contributed by atoms with Gasteiger partial charge in [0.25, 0.3) is 0 Å². The highest BCUT2D eigenvalue weighted by Crippen LogP contribution is 2.23. The van der Waals surface area contributed by atoms with Crippen molar-refractivity contribution >= 4 is 0 Å². The van der Waals surface area contributed by atoms with Crippen LogP contribution in [-0.4, -0.2) is 42.8 Å². The minimum absolute atomic E-state index is 0.0234. The largest absolute Gasteiger partial charge is 0.379 e. The van der Waals surface area contributed by atoms with E-state index in [4.69, 9.17) is 10.6 Å². The van der Waals surface area contributed by atoms with Crippen molar-refractivity contribution in [1.82, 2.24) is 10.3 Å². The van der Waals surface area contributed by atoms with Crippen LogP contribution in [0.3, 0.4) is 0 Å². The standard InChI is InChI=1S/C11H23N3O/c1-9(2)10(13-12)11(3,4)14-5-7-15-8-6-14/h10,13H,1,5-8,12H2,2-4H3. The molecule has 0 aromatic heterocycles. The van der Waals surface area contributed by atoms with Gasteiger partial charge in [0.2, 0.25) is 0 Å². The molecular formula is C11H23N3O. The summed E-state index contributed by atoms with van der Waals surface area (Å²) in [5, 5.41) is 0. The number of hydrazine groups is 1. The smallest absolute Gasteiger partial charge is 0.0594 e. The van der Waals surface area contributed by atoms with Crippen LogP contribution in [0, 0.1) is 0 Å². The van der Waals surface area contributed by atoms with Gasteiger partial charge in [-0.2, -0.15) is 0 Å². The van der Waals surface area contributed by atoms with Gasteiger partial charge in [0, 0.05) is 18.6 Å². The second-order valence-electron chi connectivity index (χ2n) is 4.70. The zero-order chi connectivity index (χ0) is 11.5. The number of rotatable bonds is 4. The Hall–Kier alpha value is -0.420. The minimum atomic E-state index is -0.0234. The van der Waals surface area contributed by atoms with Gasteiger partial charge in [0.1, 0.15) is 0 Å². The molecule has 0 bridgehead atoms. The predicted molar refractivity (Wildman–Crippen MR) is 62.4 cm³/mol. The van der Waals surface area contributed by atoms with Gasteiger partial charge in [-0.25, -0.2) is 0 Å². The van der Waals surface area contributed by atoms with E-state index < -0.39 is 0 Å². The van der Waals surface area contributed by atoms with Gasteiger partial charge in [-0.15, -0.1) is 0 Å². The third kappa shape index (κ3) is 2.78. The first-order valence-electron chi connectivity index (χ1n) is 5.44. The van der Waals surface area contributed by atoms with Crippen molar-refractivity contribution in [3.05, 3.63) is 12.2 Å². The van der Waals surface area contributed by atoms with Crippen molar-refractivity contribution in [3.8, 4) is 0 Å². The summed E-state index contributed by atoms with van der Waals surface area (Å²) in [5.41, 5.74) is 3.90. The Morgan fingerprint density at radius 1 is 1.47 bits per heavy atom. The molecule has 1 aliphatic rings. The van der Waals surface area contributed by atoms with Crippen LogP contribution < -0.4 is 11.3 Å². The fourth-order valence-electron chi connectivity index (χ4n) is 2.27. The summed E-state index contributed by atoms with van der Waals surface area (Å²) in [6, 6.07) is 0.107. The van der Waals surface area contributed by atoms with Crippen molar-refractivity contribution in [1.29, 1.82) is 0 Å². The van der Waals surface area contributed by atoms with Gasteiger partial charge in [0.15, 0.2) is 0 Å². The summed E-state index contributed by atoms with van der Waals surface area (Å²) in [5.74, 6) is 5.60. The summed E-state index contributed by atoms with van der Waals surface area (Å²) < 4.78 is 5.35. The van der Waals surface area contributed by atoms with E-state index in [0.29, 0.717) is 0 Å². The van der Waals surface area contributed by atoms with Gasteiger partial charge in [-0.3, -0.25) is 16.2 Å². The Kier molecular flexibility index (Phi) is 4.28. The average Bonchev–Trinajstić information content (AvgIpc) is 2.19. The van der Waals surface area contributed by atoms with Gasteiger partial charge in [-0.05, 0) is 20.8 Å². The first kappa shape index (κ1) is 12.6. The fourth-order valence-corrected chi connectivity index (χ4v) is 2.27. The summed E-state index contributed by atoms with van der Waals surface area (Å²) in [4.78, 5) is 2.40. The van der Waals surface area contributed by atoms with Crippen LogP contribution in [0.15, 0.2) is 12.2 Å². The highest BCUT2D eigenvalue weighted by molar-refractivity contribution is 5.11. The van der Waals surface area contributed by atoms with Crippen molar-refractivity contribution in [3.63, 3.8) is 0 Å². The number of nitrogens with one attached hydrogen (secondary N) is 1.